The number of aliphatic imine (C=N–C) groups is 1. The highest BCUT2D eigenvalue weighted by atomic mass is 79.9. The van der Waals surface area contributed by atoms with Crippen molar-refractivity contribution in [3.05, 3.63) is 27.1 Å². The van der Waals surface area contributed by atoms with Crippen molar-refractivity contribution >= 4 is 50.8 Å². The number of likely N-dealkylation sites (N-methyl/N-ethyl adjacent to an activating group) is 1. The van der Waals surface area contributed by atoms with Crippen molar-refractivity contribution in [1.29, 1.82) is 0 Å². The van der Waals surface area contributed by atoms with Crippen molar-refractivity contribution < 1.29 is 23.8 Å². The van der Waals surface area contributed by atoms with Gasteiger partial charge in [-0.15, -0.1) is 0 Å². The molecule has 26 heavy (non-hydrogen) atoms. The van der Waals surface area contributed by atoms with E-state index < -0.39 is 5.97 Å². The summed E-state index contributed by atoms with van der Waals surface area (Å²) < 4.78 is 16.3. The average molecular weight is 443 g/mol. The third-order valence-corrected chi connectivity index (χ3v) is 5.12. The summed E-state index contributed by atoms with van der Waals surface area (Å²) in [4.78, 5) is 29.9. The molecule has 0 atom stereocenters. The summed E-state index contributed by atoms with van der Waals surface area (Å²) in [5.41, 5.74) is 0.749. The van der Waals surface area contributed by atoms with Gasteiger partial charge in [-0.05, 0) is 58.4 Å². The molecule has 1 saturated heterocycles. The van der Waals surface area contributed by atoms with E-state index in [9.17, 15) is 9.59 Å². The van der Waals surface area contributed by atoms with Crippen LogP contribution in [0.15, 0.2) is 26.5 Å². The molecule has 0 saturated carbocycles. The number of nitrogens with zero attached hydrogens (tertiary/aromatic N) is 2. The van der Waals surface area contributed by atoms with E-state index in [0.717, 1.165) is 5.56 Å². The summed E-state index contributed by atoms with van der Waals surface area (Å²) in [7, 11) is 4.83. The van der Waals surface area contributed by atoms with Gasteiger partial charge >= 0.3 is 5.97 Å². The number of carbonyl (C=O) groups excluding carboxylic acids is 2. The van der Waals surface area contributed by atoms with Gasteiger partial charge in [-0.2, -0.15) is 0 Å². The Balaban J connectivity index is 2.27. The summed E-state index contributed by atoms with van der Waals surface area (Å²) in [6.45, 7) is 1.79. The molecule has 1 aliphatic heterocycles. The Bertz CT molecular complexity index is 779. The second kappa shape index (κ2) is 9.09. The minimum Gasteiger partial charge on any atom is -0.493 e. The summed E-state index contributed by atoms with van der Waals surface area (Å²) in [5.74, 6) is 0.244. The van der Waals surface area contributed by atoms with Crippen LogP contribution in [0.5, 0.6) is 11.5 Å². The van der Waals surface area contributed by atoms with Crippen molar-refractivity contribution in [3.8, 4) is 11.5 Å². The summed E-state index contributed by atoms with van der Waals surface area (Å²) in [6.07, 6.45) is 1.75. The Morgan fingerprint density at radius 2 is 2.15 bits per heavy atom. The number of rotatable bonds is 6. The van der Waals surface area contributed by atoms with E-state index in [2.05, 4.69) is 20.9 Å². The Morgan fingerprint density at radius 3 is 2.73 bits per heavy atom. The Labute approximate surface area is 164 Å². The number of methoxy groups -OCH3 is 1. The molecular weight excluding hydrogens is 424 g/mol. The molecular formula is C17H19BrN2O5S. The van der Waals surface area contributed by atoms with Crippen LogP contribution in [-0.2, 0) is 14.3 Å². The van der Waals surface area contributed by atoms with Gasteiger partial charge in [0.25, 0.3) is 5.91 Å². The van der Waals surface area contributed by atoms with Crippen molar-refractivity contribution in [2.24, 2.45) is 4.99 Å². The SMILES string of the molecule is CCOC(=O)COc1c(Br)cc(/C=C2/SC(=NC)N(C)C2=O)cc1OC. The van der Waals surface area contributed by atoms with Crippen molar-refractivity contribution in [3.63, 3.8) is 0 Å². The number of benzene rings is 1. The topological polar surface area (TPSA) is 77.4 Å². The molecule has 0 aliphatic carbocycles. The first kappa shape index (κ1) is 20.3. The standard InChI is InChI=1S/C17H19BrN2O5S/c1-5-24-14(21)9-25-15-11(18)6-10(7-12(15)23-4)8-13-16(22)20(3)17(19-2)26-13/h6-8H,5,9H2,1-4H3/b13-8+,19-17?. The zero-order chi connectivity index (χ0) is 19.3. The van der Waals surface area contributed by atoms with E-state index in [0.29, 0.717) is 26.0 Å². The van der Waals surface area contributed by atoms with Gasteiger partial charge in [-0.1, -0.05) is 0 Å². The molecule has 1 amide bonds. The van der Waals surface area contributed by atoms with Gasteiger partial charge in [0.15, 0.2) is 23.3 Å². The summed E-state index contributed by atoms with van der Waals surface area (Å²) >= 11 is 4.72. The predicted octanol–water partition coefficient (Wildman–Crippen LogP) is 2.93. The third kappa shape index (κ3) is 4.59. The van der Waals surface area contributed by atoms with Crippen LogP contribution in [0.4, 0.5) is 0 Å². The zero-order valence-electron chi connectivity index (χ0n) is 14.9. The third-order valence-electron chi connectivity index (χ3n) is 3.38. The molecule has 1 aromatic rings. The number of hydrogen-bond donors (Lipinski definition) is 0. The lowest BCUT2D eigenvalue weighted by Crippen LogP contribution is -2.23. The Hall–Kier alpha value is -2.00. The van der Waals surface area contributed by atoms with Crippen molar-refractivity contribution in [1.82, 2.24) is 4.90 Å². The molecule has 1 aromatic carbocycles. The van der Waals surface area contributed by atoms with Crippen LogP contribution in [0, 0.1) is 0 Å². The van der Waals surface area contributed by atoms with E-state index in [4.69, 9.17) is 14.2 Å². The first-order valence-corrected chi connectivity index (χ1v) is 9.32. The molecule has 1 fully saturated rings. The first-order valence-electron chi connectivity index (χ1n) is 7.71. The second-order valence-corrected chi connectivity index (χ2v) is 6.97. The van der Waals surface area contributed by atoms with Crippen molar-refractivity contribution in [2.45, 2.75) is 6.92 Å². The molecule has 0 radical (unpaired) electrons. The van der Waals surface area contributed by atoms with E-state index in [1.54, 1.807) is 39.2 Å². The molecule has 1 heterocycles. The number of halogens is 1. The predicted molar refractivity (Wildman–Crippen MR) is 105 cm³/mol. The lowest BCUT2D eigenvalue weighted by atomic mass is 10.2. The molecule has 0 spiro atoms. The number of carbonyl (C=O) groups is 2. The van der Waals surface area contributed by atoms with E-state index in [1.807, 2.05) is 0 Å². The summed E-state index contributed by atoms with van der Waals surface area (Å²) in [5, 5.41) is 0.640. The number of ether oxygens (including phenoxy) is 3. The van der Waals surface area contributed by atoms with Gasteiger partial charge in [-0.3, -0.25) is 14.7 Å². The number of amides is 1. The van der Waals surface area contributed by atoms with Crippen LogP contribution in [0.3, 0.4) is 0 Å². The van der Waals surface area contributed by atoms with Crippen molar-refractivity contribution in [2.75, 3.05) is 34.4 Å². The highest BCUT2D eigenvalue weighted by Gasteiger charge is 2.29. The van der Waals surface area contributed by atoms with Gasteiger partial charge in [-0.25, -0.2) is 4.79 Å². The lowest BCUT2D eigenvalue weighted by Gasteiger charge is -2.13. The van der Waals surface area contributed by atoms with Gasteiger partial charge in [0.2, 0.25) is 0 Å². The van der Waals surface area contributed by atoms with Gasteiger partial charge < -0.3 is 14.2 Å². The smallest absolute Gasteiger partial charge is 0.344 e. The fourth-order valence-corrected chi connectivity index (χ4v) is 3.70. The maximum atomic E-state index is 12.3. The fourth-order valence-electron chi connectivity index (χ4n) is 2.20. The highest BCUT2D eigenvalue weighted by molar-refractivity contribution is 9.10. The number of thioether (sulfide) groups is 1. The largest absolute Gasteiger partial charge is 0.493 e. The molecule has 0 bridgehead atoms. The van der Waals surface area contributed by atoms with E-state index >= 15 is 0 Å². The maximum Gasteiger partial charge on any atom is 0.344 e. The van der Waals surface area contributed by atoms with Gasteiger partial charge in [0, 0.05) is 14.1 Å². The molecule has 0 aromatic heterocycles. The van der Waals surface area contributed by atoms with Crippen LogP contribution < -0.4 is 9.47 Å². The van der Waals surface area contributed by atoms with Gasteiger partial charge in [0.1, 0.15) is 0 Å². The lowest BCUT2D eigenvalue weighted by molar-refractivity contribution is -0.145. The second-order valence-electron chi connectivity index (χ2n) is 5.11. The normalized spacial score (nSPS) is 17.1. The average Bonchev–Trinajstić information content (AvgIpc) is 2.88. The van der Waals surface area contributed by atoms with Crippen LogP contribution in [0.25, 0.3) is 6.08 Å². The molecule has 0 N–H and O–H groups in total. The molecule has 140 valence electrons. The Morgan fingerprint density at radius 1 is 1.42 bits per heavy atom. The number of hydrogen-bond acceptors (Lipinski definition) is 7. The van der Waals surface area contributed by atoms with Crippen LogP contribution in [0.2, 0.25) is 0 Å². The molecule has 2 rings (SSSR count). The maximum absolute atomic E-state index is 12.3. The molecule has 1 aliphatic rings. The molecule has 7 nitrogen and oxygen atoms in total. The van der Waals surface area contributed by atoms with E-state index in [1.165, 1.54) is 23.8 Å². The monoisotopic (exact) mass is 442 g/mol. The summed E-state index contributed by atoms with van der Waals surface area (Å²) in [6, 6.07) is 3.51. The molecule has 9 heteroatoms. The minimum atomic E-state index is -0.463. The first-order chi connectivity index (χ1) is 12.4. The zero-order valence-corrected chi connectivity index (χ0v) is 17.3. The molecule has 0 unspecified atom stereocenters. The van der Waals surface area contributed by atoms with Crippen LogP contribution >= 0.6 is 27.7 Å². The van der Waals surface area contributed by atoms with Crippen LogP contribution in [0.1, 0.15) is 12.5 Å². The fraction of sp³-hybridized carbons (Fsp3) is 0.353. The number of amidine groups is 1. The number of esters is 1. The minimum absolute atomic E-state index is 0.117. The Kier molecular flexibility index (Phi) is 7.10. The van der Waals surface area contributed by atoms with E-state index in [-0.39, 0.29) is 19.1 Å². The quantitative estimate of drug-likeness (QED) is 0.497. The van der Waals surface area contributed by atoms with Gasteiger partial charge in [0.05, 0.1) is 23.1 Å². The highest BCUT2D eigenvalue weighted by Crippen LogP contribution is 2.38. The van der Waals surface area contributed by atoms with Crippen LogP contribution in [-0.4, -0.2) is 56.4 Å².